The summed E-state index contributed by atoms with van der Waals surface area (Å²) in [7, 11) is 0. The van der Waals surface area contributed by atoms with E-state index in [4.69, 9.17) is 4.74 Å². The number of ether oxygens (including phenoxy) is 1. The Morgan fingerprint density at radius 3 is 2.73 bits per heavy atom. The summed E-state index contributed by atoms with van der Waals surface area (Å²) in [6, 6.07) is 9.73. The molecule has 0 aromatic heterocycles. The molecule has 5 atom stereocenters. The first-order valence-electron chi connectivity index (χ1n) is 9.01. The summed E-state index contributed by atoms with van der Waals surface area (Å²) in [5.74, 6) is -2.98. The molecule has 2 bridgehead atoms. The highest BCUT2D eigenvalue weighted by Crippen LogP contribution is 2.55. The minimum absolute atomic E-state index is 0.145. The van der Waals surface area contributed by atoms with E-state index in [2.05, 4.69) is 6.58 Å². The molecule has 1 aromatic rings. The van der Waals surface area contributed by atoms with Crippen LogP contribution in [0.25, 0.3) is 0 Å². The molecule has 5 nitrogen and oxygen atoms in total. The van der Waals surface area contributed by atoms with Gasteiger partial charge in [-0.3, -0.25) is 4.79 Å². The normalized spacial score (nSPS) is 34.3. The molecule has 1 spiro atoms. The van der Waals surface area contributed by atoms with E-state index in [1.54, 1.807) is 11.0 Å². The average Bonchev–Trinajstić information content (AvgIpc) is 3.24. The molecule has 0 saturated carbocycles. The zero-order valence-electron chi connectivity index (χ0n) is 14.8. The van der Waals surface area contributed by atoms with E-state index in [0.717, 1.165) is 11.1 Å². The van der Waals surface area contributed by atoms with Crippen LogP contribution in [0.1, 0.15) is 18.9 Å². The third kappa shape index (κ3) is 2.42. The molecule has 3 aliphatic rings. The monoisotopic (exact) mass is 352 g/mol. The quantitative estimate of drug-likeness (QED) is 0.719. The Hall–Kier alpha value is -2.40. The number of amides is 1. The Morgan fingerprint density at radius 1 is 1.35 bits per heavy atom. The van der Waals surface area contributed by atoms with Crippen molar-refractivity contribution >= 4 is 11.9 Å². The fourth-order valence-corrected chi connectivity index (χ4v) is 4.75. The maximum absolute atomic E-state index is 13.2. The lowest BCUT2D eigenvalue weighted by Gasteiger charge is -2.33. The largest absolute Gasteiger partial charge is 0.550 e. The first-order chi connectivity index (χ1) is 12.4. The van der Waals surface area contributed by atoms with Gasteiger partial charge in [-0.25, -0.2) is 0 Å². The Kier molecular flexibility index (Phi) is 3.99. The number of likely N-dealkylation sites (tertiary alicyclic amines) is 1. The fourth-order valence-electron chi connectivity index (χ4n) is 4.75. The maximum atomic E-state index is 13.2. The second-order valence-electron chi connectivity index (χ2n) is 7.56. The topological polar surface area (TPSA) is 69.7 Å². The minimum atomic E-state index is -1.21. The predicted octanol–water partition coefficient (Wildman–Crippen LogP) is 1.10. The van der Waals surface area contributed by atoms with Gasteiger partial charge in [0, 0.05) is 18.4 Å². The zero-order valence-corrected chi connectivity index (χ0v) is 14.8. The molecule has 4 rings (SSSR count). The van der Waals surface area contributed by atoms with Crippen molar-refractivity contribution in [2.75, 3.05) is 6.54 Å². The van der Waals surface area contributed by atoms with Crippen LogP contribution in [-0.2, 0) is 20.7 Å². The standard InChI is InChI=1S/C21H23NO4/c1-13(2)12-16-21-10-8-15(26-21)17(20(24)25)18(21)19(23)22(16)11-9-14-6-4-3-5-7-14/h3-8,10,15-18H,1,9,11-12H2,2H3,(H,24,25)/p-1/t15-,16-,17-,18-,21-/m1/s1. The molecule has 0 unspecified atom stereocenters. The van der Waals surface area contributed by atoms with Gasteiger partial charge < -0.3 is 19.5 Å². The molecular weight excluding hydrogens is 330 g/mol. The third-order valence-corrected chi connectivity index (χ3v) is 5.83. The van der Waals surface area contributed by atoms with Crippen molar-refractivity contribution in [1.29, 1.82) is 0 Å². The van der Waals surface area contributed by atoms with Crippen LogP contribution in [0, 0.1) is 11.8 Å². The molecule has 3 aliphatic heterocycles. The van der Waals surface area contributed by atoms with Crippen molar-refractivity contribution in [2.24, 2.45) is 11.8 Å². The highest BCUT2D eigenvalue weighted by molar-refractivity contribution is 5.91. The van der Waals surface area contributed by atoms with E-state index in [-0.39, 0.29) is 11.9 Å². The van der Waals surface area contributed by atoms with Crippen molar-refractivity contribution in [3.63, 3.8) is 0 Å². The van der Waals surface area contributed by atoms with E-state index in [9.17, 15) is 14.7 Å². The van der Waals surface area contributed by atoms with Crippen molar-refractivity contribution in [3.8, 4) is 0 Å². The molecule has 3 heterocycles. The van der Waals surface area contributed by atoms with Gasteiger partial charge in [0.15, 0.2) is 0 Å². The molecule has 1 amide bonds. The number of aliphatic carboxylic acids is 1. The van der Waals surface area contributed by atoms with E-state index in [0.29, 0.717) is 19.4 Å². The summed E-state index contributed by atoms with van der Waals surface area (Å²) in [6.45, 7) is 6.45. The van der Waals surface area contributed by atoms with Gasteiger partial charge in [0.05, 0.1) is 18.1 Å². The van der Waals surface area contributed by atoms with Crippen LogP contribution in [0.2, 0.25) is 0 Å². The van der Waals surface area contributed by atoms with Crippen LogP contribution in [0.4, 0.5) is 0 Å². The van der Waals surface area contributed by atoms with E-state index in [1.807, 2.05) is 43.3 Å². The van der Waals surface area contributed by atoms with Gasteiger partial charge in [0.2, 0.25) is 5.91 Å². The van der Waals surface area contributed by atoms with Gasteiger partial charge in [0.25, 0.3) is 0 Å². The van der Waals surface area contributed by atoms with Gasteiger partial charge in [0.1, 0.15) is 5.60 Å². The number of rotatable bonds is 6. The lowest BCUT2D eigenvalue weighted by atomic mass is 9.74. The molecule has 2 saturated heterocycles. The summed E-state index contributed by atoms with van der Waals surface area (Å²) in [5, 5.41) is 11.7. The molecule has 26 heavy (non-hydrogen) atoms. The molecule has 5 heteroatoms. The number of benzene rings is 1. The second-order valence-corrected chi connectivity index (χ2v) is 7.56. The van der Waals surface area contributed by atoms with E-state index >= 15 is 0 Å². The fraction of sp³-hybridized carbons (Fsp3) is 0.429. The van der Waals surface area contributed by atoms with Crippen molar-refractivity contribution in [2.45, 2.75) is 37.5 Å². The highest BCUT2D eigenvalue weighted by atomic mass is 16.5. The Labute approximate surface area is 152 Å². The lowest BCUT2D eigenvalue weighted by molar-refractivity contribution is -0.313. The highest BCUT2D eigenvalue weighted by Gasteiger charge is 2.69. The Balaban J connectivity index is 1.65. The van der Waals surface area contributed by atoms with Crippen LogP contribution in [0.5, 0.6) is 0 Å². The number of fused-ring (bicyclic) bond motifs is 1. The maximum Gasteiger partial charge on any atom is 0.230 e. The van der Waals surface area contributed by atoms with Crippen LogP contribution < -0.4 is 5.11 Å². The third-order valence-electron chi connectivity index (χ3n) is 5.83. The molecule has 1 aromatic carbocycles. The molecule has 2 fully saturated rings. The number of nitrogens with zero attached hydrogens (tertiary/aromatic N) is 1. The number of carbonyl (C=O) groups excluding carboxylic acids is 2. The van der Waals surface area contributed by atoms with E-state index in [1.165, 1.54) is 0 Å². The smallest absolute Gasteiger partial charge is 0.230 e. The van der Waals surface area contributed by atoms with Crippen molar-refractivity contribution < 1.29 is 19.4 Å². The summed E-state index contributed by atoms with van der Waals surface area (Å²) in [4.78, 5) is 26.7. The molecule has 0 N–H and O–H groups in total. The SMILES string of the molecule is C=C(C)C[C@H]1N(CCc2ccccc2)C(=O)[C@H]2[C@H](C(=O)[O-])[C@H]3C=C[C@]21O3. The van der Waals surface area contributed by atoms with Crippen molar-refractivity contribution in [3.05, 3.63) is 60.2 Å². The zero-order chi connectivity index (χ0) is 18.5. The second kappa shape index (κ2) is 6.09. The van der Waals surface area contributed by atoms with E-state index < -0.39 is 29.5 Å². The van der Waals surface area contributed by atoms with Gasteiger partial charge in [-0.1, -0.05) is 48.1 Å². The summed E-state index contributed by atoms with van der Waals surface area (Å²) >= 11 is 0. The first kappa shape index (κ1) is 17.0. The number of carbonyl (C=O) groups is 2. The van der Waals surface area contributed by atoms with Gasteiger partial charge >= 0.3 is 0 Å². The Bertz CT molecular complexity index is 786. The number of carboxylic acids is 1. The molecule has 0 aliphatic carbocycles. The summed E-state index contributed by atoms with van der Waals surface area (Å²) in [5.41, 5.74) is 1.21. The van der Waals surface area contributed by atoms with Crippen molar-refractivity contribution in [1.82, 2.24) is 4.90 Å². The average molecular weight is 352 g/mol. The molecular formula is C21H22NO4-. The molecule has 136 valence electrons. The van der Waals surface area contributed by atoms with Crippen LogP contribution >= 0.6 is 0 Å². The van der Waals surface area contributed by atoms with Crippen LogP contribution in [0.15, 0.2) is 54.6 Å². The molecule has 0 radical (unpaired) electrons. The number of hydrogen-bond acceptors (Lipinski definition) is 4. The van der Waals surface area contributed by atoms with Crippen LogP contribution in [-0.4, -0.2) is 41.1 Å². The minimum Gasteiger partial charge on any atom is -0.550 e. The van der Waals surface area contributed by atoms with Gasteiger partial charge in [-0.15, -0.1) is 6.58 Å². The van der Waals surface area contributed by atoms with Gasteiger partial charge in [-0.2, -0.15) is 0 Å². The number of hydrogen-bond donors (Lipinski definition) is 0. The predicted molar refractivity (Wildman–Crippen MR) is 93.8 cm³/mol. The lowest BCUT2D eigenvalue weighted by Crippen LogP contribution is -2.46. The first-order valence-corrected chi connectivity index (χ1v) is 9.01. The summed E-state index contributed by atoms with van der Waals surface area (Å²) in [6.07, 6.45) is 4.41. The summed E-state index contributed by atoms with van der Waals surface area (Å²) < 4.78 is 6.09. The Morgan fingerprint density at radius 2 is 2.08 bits per heavy atom. The van der Waals surface area contributed by atoms with Gasteiger partial charge in [-0.05, 0) is 25.3 Å². The van der Waals surface area contributed by atoms with Crippen LogP contribution in [0.3, 0.4) is 0 Å². The number of carboxylic acid groups (broad SMARTS) is 1.